The molecule has 2 aliphatic heterocycles. The standard InChI is InChI=1S/C24H31N5O2.C2H6/c25-23(31)24(27-21-4-2-1-3-5-21)10-16-29(17-11-24)22(30)20-8-14-28(15-9-20)18-19-6-12-26-13-7-19;1-2/h1-7,12-13,20,27H,8-11,14-18H2,(H2,25,31);1-2H3. The lowest BCUT2D eigenvalue weighted by molar-refractivity contribution is -0.140. The molecule has 0 spiro atoms. The molecule has 0 saturated carbocycles. The topological polar surface area (TPSA) is 91.6 Å². The maximum Gasteiger partial charge on any atom is 0.243 e. The van der Waals surface area contributed by atoms with E-state index in [1.54, 1.807) is 0 Å². The number of primary amides is 1. The number of amides is 2. The Morgan fingerprint density at radius 3 is 2.18 bits per heavy atom. The minimum atomic E-state index is -0.800. The average Bonchev–Trinajstić information content (AvgIpc) is 2.87. The highest BCUT2D eigenvalue weighted by Gasteiger charge is 2.42. The number of carbonyl (C=O) groups is 2. The van der Waals surface area contributed by atoms with Crippen molar-refractivity contribution in [2.45, 2.75) is 51.6 Å². The summed E-state index contributed by atoms with van der Waals surface area (Å²) in [4.78, 5) is 33.8. The first kappa shape index (κ1) is 24.7. The predicted octanol–water partition coefficient (Wildman–Crippen LogP) is 3.28. The Morgan fingerprint density at radius 1 is 1.00 bits per heavy atom. The molecule has 0 atom stereocenters. The summed E-state index contributed by atoms with van der Waals surface area (Å²) in [6, 6.07) is 13.7. The van der Waals surface area contributed by atoms with E-state index in [-0.39, 0.29) is 17.7 Å². The van der Waals surface area contributed by atoms with Crippen LogP contribution in [0.5, 0.6) is 0 Å². The predicted molar refractivity (Wildman–Crippen MR) is 131 cm³/mol. The summed E-state index contributed by atoms with van der Waals surface area (Å²) >= 11 is 0. The van der Waals surface area contributed by atoms with Crippen LogP contribution in [0.1, 0.15) is 45.1 Å². The number of piperidine rings is 2. The normalized spacial score (nSPS) is 18.7. The van der Waals surface area contributed by atoms with Gasteiger partial charge in [-0.05, 0) is 68.6 Å². The van der Waals surface area contributed by atoms with Gasteiger partial charge in [0, 0.05) is 43.6 Å². The SMILES string of the molecule is CC.NC(=O)C1(Nc2ccccc2)CCN(C(=O)C2CCN(Cc3ccncc3)CC2)CC1. The van der Waals surface area contributed by atoms with Crippen LogP contribution < -0.4 is 11.1 Å². The Morgan fingerprint density at radius 2 is 1.61 bits per heavy atom. The first-order valence-corrected chi connectivity index (χ1v) is 12.1. The lowest BCUT2D eigenvalue weighted by atomic mass is 9.85. The molecular weight excluding hydrogens is 414 g/mol. The zero-order valence-electron chi connectivity index (χ0n) is 19.9. The van der Waals surface area contributed by atoms with Crippen molar-refractivity contribution in [3.8, 4) is 0 Å². The Labute approximate surface area is 197 Å². The molecule has 2 amide bonds. The summed E-state index contributed by atoms with van der Waals surface area (Å²) in [7, 11) is 0. The van der Waals surface area contributed by atoms with Crippen LogP contribution >= 0.6 is 0 Å². The number of hydrogen-bond donors (Lipinski definition) is 2. The van der Waals surface area contributed by atoms with Crippen LogP contribution in [-0.4, -0.2) is 58.3 Å². The first-order valence-electron chi connectivity index (χ1n) is 12.1. The molecule has 33 heavy (non-hydrogen) atoms. The van der Waals surface area contributed by atoms with Gasteiger partial charge in [-0.2, -0.15) is 0 Å². The van der Waals surface area contributed by atoms with Crippen LogP contribution in [0.25, 0.3) is 0 Å². The molecule has 1 aromatic carbocycles. The van der Waals surface area contributed by atoms with Gasteiger partial charge in [-0.15, -0.1) is 0 Å². The van der Waals surface area contributed by atoms with Gasteiger partial charge in [0.15, 0.2) is 0 Å². The summed E-state index contributed by atoms with van der Waals surface area (Å²) < 4.78 is 0. The van der Waals surface area contributed by atoms with E-state index < -0.39 is 5.54 Å². The fourth-order valence-electron chi connectivity index (χ4n) is 4.68. The van der Waals surface area contributed by atoms with Gasteiger partial charge in [-0.25, -0.2) is 0 Å². The number of nitrogens with two attached hydrogens (primary N) is 1. The van der Waals surface area contributed by atoms with Crippen molar-refractivity contribution < 1.29 is 9.59 Å². The number of hydrogen-bond acceptors (Lipinski definition) is 5. The highest BCUT2D eigenvalue weighted by atomic mass is 16.2. The van der Waals surface area contributed by atoms with Crippen molar-refractivity contribution in [1.82, 2.24) is 14.8 Å². The summed E-state index contributed by atoms with van der Waals surface area (Å²) in [5, 5.41) is 3.34. The van der Waals surface area contributed by atoms with Crippen LogP contribution in [0.2, 0.25) is 0 Å². The van der Waals surface area contributed by atoms with E-state index in [1.807, 2.05) is 73.6 Å². The molecule has 0 bridgehead atoms. The second kappa shape index (κ2) is 11.8. The maximum atomic E-state index is 13.1. The van der Waals surface area contributed by atoms with E-state index in [1.165, 1.54) is 5.56 Å². The van der Waals surface area contributed by atoms with Crippen molar-refractivity contribution in [2.24, 2.45) is 11.7 Å². The highest BCUT2D eigenvalue weighted by molar-refractivity contribution is 5.88. The third kappa shape index (κ3) is 6.32. The minimum Gasteiger partial charge on any atom is -0.371 e. The van der Waals surface area contributed by atoms with E-state index >= 15 is 0 Å². The Bertz CT molecular complexity index is 874. The fourth-order valence-corrected chi connectivity index (χ4v) is 4.68. The molecule has 0 unspecified atom stereocenters. The fraction of sp³-hybridized carbons (Fsp3) is 0.500. The monoisotopic (exact) mass is 451 g/mol. The number of likely N-dealkylation sites (tertiary alicyclic amines) is 2. The summed E-state index contributed by atoms with van der Waals surface area (Å²) in [6.45, 7) is 7.86. The number of benzene rings is 1. The molecule has 2 saturated heterocycles. The van der Waals surface area contributed by atoms with Crippen LogP contribution in [0.3, 0.4) is 0 Å². The number of pyridine rings is 1. The first-order chi connectivity index (χ1) is 16.1. The molecular formula is C26H37N5O2. The van der Waals surface area contributed by atoms with Gasteiger partial charge in [0.05, 0.1) is 0 Å². The smallest absolute Gasteiger partial charge is 0.243 e. The lowest BCUT2D eigenvalue weighted by Gasteiger charge is -2.42. The van der Waals surface area contributed by atoms with Gasteiger partial charge in [0.1, 0.15) is 5.54 Å². The number of para-hydroxylation sites is 1. The number of rotatable bonds is 6. The second-order valence-electron chi connectivity index (χ2n) is 8.67. The molecule has 3 N–H and O–H groups in total. The highest BCUT2D eigenvalue weighted by Crippen LogP contribution is 2.29. The third-order valence-electron chi connectivity index (χ3n) is 6.65. The molecule has 4 rings (SSSR count). The van der Waals surface area contributed by atoms with E-state index in [0.717, 1.165) is 38.2 Å². The molecule has 2 aromatic rings. The summed E-state index contributed by atoms with van der Waals surface area (Å²) in [5.74, 6) is -0.0638. The van der Waals surface area contributed by atoms with Crippen molar-refractivity contribution in [2.75, 3.05) is 31.5 Å². The maximum absolute atomic E-state index is 13.1. The van der Waals surface area contributed by atoms with Gasteiger partial charge in [-0.1, -0.05) is 32.0 Å². The molecule has 0 aliphatic carbocycles. The Kier molecular flexibility index (Phi) is 8.83. The van der Waals surface area contributed by atoms with Crippen molar-refractivity contribution in [3.63, 3.8) is 0 Å². The van der Waals surface area contributed by atoms with Gasteiger partial charge in [0.2, 0.25) is 11.8 Å². The average molecular weight is 452 g/mol. The van der Waals surface area contributed by atoms with Crippen LogP contribution in [0, 0.1) is 5.92 Å². The Hall–Kier alpha value is -2.93. The zero-order valence-corrected chi connectivity index (χ0v) is 19.9. The number of aromatic nitrogens is 1. The molecule has 2 aliphatic rings. The van der Waals surface area contributed by atoms with Crippen LogP contribution in [0.4, 0.5) is 5.69 Å². The van der Waals surface area contributed by atoms with Gasteiger partial charge >= 0.3 is 0 Å². The molecule has 2 fully saturated rings. The molecule has 1 aromatic heterocycles. The molecule has 7 heteroatoms. The molecule has 3 heterocycles. The lowest BCUT2D eigenvalue weighted by Crippen LogP contribution is -2.58. The summed E-state index contributed by atoms with van der Waals surface area (Å²) in [6.07, 6.45) is 6.46. The van der Waals surface area contributed by atoms with Gasteiger partial charge in [-0.3, -0.25) is 19.5 Å². The zero-order chi connectivity index (χ0) is 23.7. The number of nitrogens with one attached hydrogen (secondary N) is 1. The van der Waals surface area contributed by atoms with Crippen molar-refractivity contribution >= 4 is 17.5 Å². The van der Waals surface area contributed by atoms with Crippen LogP contribution in [0.15, 0.2) is 54.9 Å². The summed E-state index contributed by atoms with van der Waals surface area (Å²) in [5.41, 5.74) is 7.11. The second-order valence-corrected chi connectivity index (χ2v) is 8.67. The van der Waals surface area contributed by atoms with E-state index in [2.05, 4.69) is 15.2 Å². The van der Waals surface area contributed by atoms with E-state index in [9.17, 15) is 9.59 Å². The number of carbonyl (C=O) groups excluding carboxylic acids is 2. The molecule has 178 valence electrons. The quantitative estimate of drug-likeness (QED) is 0.703. The number of nitrogens with zero attached hydrogens (tertiary/aromatic N) is 3. The van der Waals surface area contributed by atoms with Crippen molar-refractivity contribution in [1.29, 1.82) is 0 Å². The van der Waals surface area contributed by atoms with E-state index in [4.69, 9.17) is 5.73 Å². The van der Waals surface area contributed by atoms with Gasteiger partial charge in [0.25, 0.3) is 0 Å². The third-order valence-corrected chi connectivity index (χ3v) is 6.65. The molecule has 0 radical (unpaired) electrons. The minimum absolute atomic E-state index is 0.0665. The largest absolute Gasteiger partial charge is 0.371 e. The Balaban J connectivity index is 0.00000149. The molecule has 7 nitrogen and oxygen atoms in total. The van der Waals surface area contributed by atoms with E-state index in [0.29, 0.717) is 25.9 Å². The van der Waals surface area contributed by atoms with Crippen LogP contribution in [-0.2, 0) is 16.1 Å². The number of anilines is 1. The van der Waals surface area contributed by atoms with Crippen molar-refractivity contribution in [3.05, 3.63) is 60.4 Å². The van der Waals surface area contributed by atoms with Gasteiger partial charge < -0.3 is 16.0 Å².